The lowest BCUT2D eigenvalue weighted by Crippen LogP contribution is -2.53. The van der Waals surface area contributed by atoms with Crippen LogP contribution in [0.15, 0.2) is 36.4 Å². The van der Waals surface area contributed by atoms with Gasteiger partial charge >= 0.3 is 0 Å². The minimum absolute atomic E-state index is 0.226. The zero-order chi connectivity index (χ0) is 23.5. The highest BCUT2D eigenvalue weighted by molar-refractivity contribution is 6.15. The molecular weight excluding hydrogens is 422 g/mol. The number of ether oxygens (including phenoxy) is 2. The molecule has 2 aromatic carbocycles. The molecule has 3 heterocycles. The van der Waals surface area contributed by atoms with E-state index in [0.29, 0.717) is 23.6 Å². The van der Waals surface area contributed by atoms with Crippen LogP contribution in [0.25, 0.3) is 0 Å². The number of anilines is 1. The summed E-state index contributed by atoms with van der Waals surface area (Å²) in [6, 6.07) is 10.9. The second kappa shape index (κ2) is 7.59. The maximum atomic E-state index is 13.6. The van der Waals surface area contributed by atoms with Gasteiger partial charge in [0.1, 0.15) is 5.54 Å². The molecule has 0 radical (unpaired) electrons. The highest BCUT2D eigenvalue weighted by atomic mass is 16.5. The Kier molecular flexibility index (Phi) is 4.93. The van der Waals surface area contributed by atoms with Crippen LogP contribution in [-0.4, -0.2) is 49.4 Å². The number of nitrogens with one attached hydrogen (secondary N) is 2. The fourth-order valence-corrected chi connectivity index (χ4v) is 5.63. The summed E-state index contributed by atoms with van der Waals surface area (Å²) in [7, 11) is 3.14. The third kappa shape index (κ3) is 2.97. The van der Waals surface area contributed by atoms with Gasteiger partial charge in [0.25, 0.3) is 0 Å². The zero-order valence-electron chi connectivity index (χ0n) is 19.1. The van der Waals surface area contributed by atoms with Gasteiger partial charge in [0.15, 0.2) is 11.5 Å². The maximum Gasteiger partial charge on any atom is 0.250 e. The van der Waals surface area contributed by atoms with Crippen LogP contribution >= 0.6 is 0 Å². The van der Waals surface area contributed by atoms with Crippen LogP contribution in [0.4, 0.5) is 5.69 Å². The molecule has 5 rings (SSSR count). The first-order chi connectivity index (χ1) is 15.8. The van der Waals surface area contributed by atoms with Crippen LogP contribution in [0, 0.1) is 18.8 Å². The van der Waals surface area contributed by atoms with Gasteiger partial charge in [-0.1, -0.05) is 23.8 Å². The molecule has 2 N–H and O–H groups in total. The van der Waals surface area contributed by atoms with Gasteiger partial charge in [0, 0.05) is 23.8 Å². The van der Waals surface area contributed by atoms with Crippen LogP contribution < -0.4 is 20.1 Å². The molecule has 172 valence electrons. The Hall–Kier alpha value is -3.39. The summed E-state index contributed by atoms with van der Waals surface area (Å²) >= 11 is 0. The number of aryl methyl sites for hydroxylation is 1. The standard InChI is InChI=1S/C25H27N3O5/c1-13-5-7-17-16(11-13)25(24(31)26-17)21-20(14(2)27-25)22(29)28(23(21)30)10-9-15-6-8-18(32-3)19(12-15)33-4/h5-8,11-12,14,20-21,27H,9-10H2,1-4H3,(H,26,31). The van der Waals surface area contributed by atoms with E-state index in [4.69, 9.17) is 9.47 Å². The topological polar surface area (TPSA) is 97.0 Å². The van der Waals surface area contributed by atoms with E-state index >= 15 is 0 Å². The van der Waals surface area contributed by atoms with Crippen LogP contribution in [0.3, 0.4) is 0 Å². The Bertz CT molecular complexity index is 1180. The molecule has 0 aromatic heterocycles. The number of amides is 3. The number of fused-ring (bicyclic) bond motifs is 4. The minimum Gasteiger partial charge on any atom is -0.493 e. The summed E-state index contributed by atoms with van der Waals surface area (Å²) in [5.41, 5.74) is 2.12. The number of benzene rings is 2. The van der Waals surface area contributed by atoms with Crippen molar-refractivity contribution in [1.82, 2.24) is 10.2 Å². The molecule has 3 aliphatic rings. The van der Waals surface area contributed by atoms with Crippen molar-refractivity contribution in [1.29, 1.82) is 0 Å². The third-order valence-corrected chi connectivity index (χ3v) is 7.18. The highest BCUT2D eigenvalue weighted by Gasteiger charge is 2.69. The molecule has 4 unspecified atom stereocenters. The lowest BCUT2D eigenvalue weighted by Gasteiger charge is -2.29. The maximum absolute atomic E-state index is 13.6. The van der Waals surface area contributed by atoms with E-state index in [-0.39, 0.29) is 30.3 Å². The number of carbonyl (C=O) groups is 3. The van der Waals surface area contributed by atoms with E-state index in [2.05, 4.69) is 10.6 Å². The Labute approximate surface area is 192 Å². The second-order valence-electron chi connectivity index (χ2n) is 9.02. The molecule has 0 aliphatic carbocycles. The summed E-state index contributed by atoms with van der Waals surface area (Å²) < 4.78 is 10.6. The van der Waals surface area contributed by atoms with E-state index in [1.165, 1.54) is 4.90 Å². The molecule has 0 saturated carbocycles. The van der Waals surface area contributed by atoms with E-state index in [1.807, 2.05) is 44.2 Å². The summed E-state index contributed by atoms with van der Waals surface area (Å²) in [6.07, 6.45) is 0.480. The first-order valence-corrected chi connectivity index (χ1v) is 11.1. The largest absolute Gasteiger partial charge is 0.493 e. The molecule has 2 fully saturated rings. The van der Waals surface area contributed by atoms with Crippen molar-refractivity contribution in [3.63, 3.8) is 0 Å². The molecule has 4 atom stereocenters. The van der Waals surface area contributed by atoms with Crippen molar-refractivity contribution < 1.29 is 23.9 Å². The lowest BCUT2D eigenvalue weighted by molar-refractivity contribution is -0.142. The number of hydrogen-bond acceptors (Lipinski definition) is 6. The van der Waals surface area contributed by atoms with Crippen LogP contribution in [0.5, 0.6) is 11.5 Å². The second-order valence-corrected chi connectivity index (χ2v) is 9.02. The zero-order valence-corrected chi connectivity index (χ0v) is 19.1. The van der Waals surface area contributed by atoms with Gasteiger partial charge in [-0.3, -0.25) is 24.6 Å². The molecule has 0 bridgehead atoms. The Morgan fingerprint density at radius 3 is 2.48 bits per heavy atom. The predicted octanol–water partition coefficient (Wildman–Crippen LogP) is 2.00. The van der Waals surface area contributed by atoms with Crippen LogP contribution in [0.2, 0.25) is 0 Å². The van der Waals surface area contributed by atoms with E-state index in [0.717, 1.165) is 16.7 Å². The van der Waals surface area contributed by atoms with Gasteiger partial charge in [0.2, 0.25) is 17.7 Å². The first-order valence-electron chi connectivity index (χ1n) is 11.1. The normalized spacial score (nSPS) is 27.7. The number of nitrogens with zero attached hydrogens (tertiary/aromatic N) is 1. The highest BCUT2D eigenvalue weighted by Crippen LogP contribution is 2.52. The molecular formula is C25H27N3O5. The molecule has 33 heavy (non-hydrogen) atoms. The lowest BCUT2D eigenvalue weighted by atomic mass is 9.76. The van der Waals surface area contributed by atoms with Crippen LogP contribution in [0.1, 0.15) is 23.6 Å². The van der Waals surface area contributed by atoms with Gasteiger partial charge < -0.3 is 14.8 Å². The van der Waals surface area contributed by atoms with Gasteiger partial charge in [-0.25, -0.2) is 0 Å². The third-order valence-electron chi connectivity index (χ3n) is 7.18. The average molecular weight is 450 g/mol. The monoisotopic (exact) mass is 449 g/mol. The molecule has 1 spiro atoms. The van der Waals surface area contributed by atoms with Gasteiger partial charge in [0.05, 0.1) is 26.1 Å². The molecule has 8 nitrogen and oxygen atoms in total. The van der Waals surface area contributed by atoms with Gasteiger partial charge in [-0.05, 0) is 44.0 Å². The van der Waals surface area contributed by atoms with Crippen LogP contribution in [-0.2, 0) is 26.3 Å². The number of rotatable bonds is 5. The Morgan fingerprint density at radius 2 is 1.76 bits per heavy atom. The summed E-state index contributed by atoms with van der Waals surface area (Å²) in [5, 5.41) is 6.25. The van der Waals surface area contributed by atoms with Crippen molar-refractivity contribution in [2.24, 2.45) is 11.8 Å². The Morgan fingerprint density at radius 1 is 1.00 bits per heavy atom. The van der Waals surface area contributed by atoms with Crippen molar-refractivity contribution in [3.8, 4) is 11.5 Å². The molecule has 3 aliphatic heterocycles. The summed E-state index contributed by atoms with van der Waals surface area (Å²) in [5.74, 6) is -0.938. The number of hydrogen-bond donors (Lipinski definition) is 2. The summed E-state index contributed by atoms with van der Waals surface area (Å²) in [4.78, 5) is 41.6. The summed E-state index contributed by atoms with van der Waals surface area (Å²) in [6.45, 7) is 4.06. The predicted molar refractivity (Wildman–Crippen MR) is 121 cm³/mol. The average Bonchev–Trinajstić information content (AvgIpc) is 3.36. The van der Waals surface area contributed by atoms with Crippen molar-refractivity contribution in [2.45, 2.75) is 31.8 Å². The van der Waals surface area contributed by atoms with E-state index in [1.54, 1.807) is 20.3 Å². The van der Waals surface area contributed by atoms with Crippen molar-refractivity contribution in [2.75, 3.05) is 26.1 Å². The first kappa shape index (κ1) is 21.5. The van der Waals surface area contributed by atoms with Crippen molar-refractivity contribution >= 4 is 23.4 Å². The van der Waals surface area contributed by atoms with E-state index < -0.39 is 17.4 Å². The van der Waals surface area contributed by atoms with Crippen molar-refractivity contribution in [3.05, 3.63) is 53.1 Å². The quantitative estimate of drug-likeness (QED) is 0.678. The van der Waals surface area contributed by atoms with E-state index in [9.17, 15) is 14.4 Å². The molecule has 8 heteroatoms. The number of likely N-dealkylation sites (tertiary alicyclic amines) is 1. The minimum atomic E-state index is -1.23. The molecule has 2 aromatic rings. The molecule has 3 amide bonds. The fourth-order valence-electron chi connectivity index (χ4n) is 5.63. The number of methoxy groups -OCH3 is 2. The Balaban J connectivity index is 1.45. The van der Waals surface area contributed by atoms with Gasteiger partial charge in [-0.2, -0.15) is 0 Å². The fraction of sp³-hybridized carbons (Fsp3) is 0.400. The number of imide groups is 1. The van der Waals surface area contributed by atoms with Gasteiger partial charge in [-0.15, -0.1) is 0 Å². The SMILES string of the molecule is COc1ccc(CCN2C(=O)C3C(C)NC4(C(=O)Nc5ccc(C)cc54)C3C2=O)cc1OC. The number of carbonyl (C=O) groups excluding carboxylic acids is 3. The molecule has 2 saturated heterocycles. The smallest absolute Gasteiger partial charge is 0.250 e.